The van der Waals surface area contributed by atoms with Crippen molar-refractivity contribution >= 4 is 31.1 Å². The number of methoxy groups -OCH3 is 1. The van der Waals surface area contributed by atoms with Crippen molar-refractivity contribution in [3.8, 4) is 17.2 Å². The maximum absolute atomic E-state index is 6.55. The van der Waals surface area contributed by atoms with Gasteiger partial charge in [-0.05, 0) is 68.8 Å². The first-order valence-electron chi connectivity index (χ1n) is 12.6. The van der Waals surface area contributed by atoms with E-state index in [-0.39, 0.29) is 5.60 Å². The highest BCUT2D eigenvalue weighted by atomic mass is 32.1. The molecule has 5 nitrogen and oxygen atoms in total. The van der Waals surface area contributed by atoms with Gasteiger partial charge in [-0.25, -0.2) is 4.98 Å². The van der Waals surface area contributed by atoms with Crippen molar-refractivity contribution in [2.45, 2.75) is 65.0 Å². The van der Waals surface area contributed by atoms with Crippen LogP contribution in [0.15, 0.2) is 66.2 Å². The second kappa shape index (κ2) is 11.3. The Hall–Kier alpha value is -2.87. The molecular weight excluding hydrogens is 498 g/mol. The van der Waals surface area contributed by atoms with Gasteiger partial charge < -0.3 is 18.6 Å². The average molecular weight is 535 g/mol. The molecule has 4 rings (SSSR count). The lowest BCUT2D eigenvalue weighted by molar-refractivity contribution is 0.0163. The zero-order chi connectivity index (χ0) is 26.6. The summed E-state index contributed by atoms with van der Waals surface area (Å²) < 4.78 is 25.7. The SMILES string of the molecule is CCC(OC)(c1nccs1)c1cc(OC(C)(C)C)cc(OCc2ccc3ccccc3c2)c1O[Si](C)C. The van der Waals surface area contributed by atoms with Gasteiger partial charge in [-0.3, -0.25) is 0 Å². The van der Waals surface area contributed by atoms with Crippen LogP contribution in [0.4, 0.5) is 0 Å². The van der Waals surface area contributed by atoms with Gasteiger partial charge in [-0.2, -0.15) is 0 Å². The maximum Gasteiger partial charge on any atom is 0.274 e. The van der Waals surface area contributed by atoms with E-state index < -0.39 is 14.6 Å². The minimum Gasteiger partial charge on any atom is -0.540 e. The van der Waals surface area contributed by atoms with Crippen LogP contribution in [0.1, 0.15) is 50.3 Å². The molecule has 0 N–H and O–H groups in total. The van der Waals surface area contributed by atoms with Gasteiger partial charge in [-0.1, -0.05) is 43.3 Å². The normalized spacial score (nSPS) is 13.5. The van der Waals surface area contributed by atoms with Crippen LogP contribution in [0.5, 0.6) is 17.2 Å². The fourth-order valence-electron chi connectivity index (χ4n) is 4.42. The van der Waals surface area contributed by atoms with Crippen LogP contribution in [0, 0.1) is 0 Å². The lowest BCUT2D eigenvalue weighted by Crippen LogP contribution is -2.31. The Morgan fingerprint density at radius 3 is 2.35 bits per heavy atom. The Labute approximate surface area is 226 Å². The molecule has 4 aromatic rings. The molecule has 0 fully saturated rings. The number of ether oxygens (including phenoxy) is 3. The van der Waals surface area contributed by atoms with Gasteiger partial charge >= 0.3 is 0 Å². The molecule has 0 spiro atoms. The van der Waals surface area contributed by atoms with Crippen LogP contribution in [0.2, 0.25) is 13.1 Å². The van der Waals surface area contributed by atoms with Crippen molar-refractivity contribution in [2.75, 3.05) is 7.11 Å². The molecular formula is C30H36NO4SSi. The van der Waals surface area contributed by atoms with E-state index in [4.69, 9.17) is 18.6 Å². The maximum atomic E-state index is 6.55. The summed E-state index contributed by atoms with van der Waals surface area (Å²) in [6.07, 6.45) is 2.48. The molecule has 1 aromatic heterocycles. The van der Waals surface area contributed by atoms with Crippen LogP contribution in [-0.2, 0) is 16.9 Å². The van der Waals surface area contributed by atoms with Gasteiger partial charge in [0.1, 0.15) is 28.6 Å². The van der Waals surface area contributed by atoms with Gasteiger partial charge in [0, 0.05) is 30.3 Å². The van der Waals surface area contributed by atoms with Gasteiger partial charge in [0.05, 0.1) is 0 Å². The molecule has 0 bridgehead atoms. The molecule has 0 amide bonds. The van der Waals surface area contributed by atoms with Crippen LogP contribution in [0.25, 0.3) is 10.8 Å². The van der Waals surface area contributed by atoms with Crippen molar-refractivity contribution in [3.05, 3.63) is 82.3 Å². The number of fused-ring (bicyclic) bond motifs is 1. The van der Waals surface area contributed by atoms with E-state index in [0.29, 0.717) is 30.3 Å². The molecule has 195 valence electrons. The summed E-state index contributed by atoms with van der Waals surface area (Å²) in [6.45, 7) is 12.8. The molecule has 37 heavy (non-hydrogen) atoms. The highest BCUT2D eigenvalue weighted by molar-refractivity contribution is 7.09. The van der Waals surface area contributed by atoms with Crippen molar-refractivity contribution in [3.63, 3.8) is 0 Å². The summed E-state index contributed by atoms with van der Waals surface area (Å²) in [7, 11) is 0.602. The van der Waals surface area contributed by atoms with Crippen molar-refractivity contribution in [2.24, 2.45) is 0 Å². The van der Waals surface area contributed by atoms with Crippen molar-refractivity contribution in [1.29, 1.82) is 0 Å². The molecule has 3 aromatic carbocycles. The minimum atomic E-state index is -1.13. The van der Waals surface area contributed by atoms with Crippen LogP contribution in [0.3, 0.4) is 0 Å². The van der Waals surface area contributed by atoms with Crippen molar-refractivity contribution in [1.82, 2.24) is 4.98 Å². The van der Waals surface area contributed by atoms with E-state index in [9.17, 15) is 0 Å². The summed E-state index contributed by atoms with van der Waals surface area (Å²) in [5, 5.41) is 5.24. The third kappa shape index (κ3) is 6.17. The number of nitrogens with zero attached hydrogens (tertiary/aromatic N) is 1. The van der Waals surface area contributed by atoms with Crippen molar-refractivity contribution < 1.29 is 18.6 Å². The first-order chi connectivity index (χ1) is 17.6. The third-order valence-corrected chi connectivity index (χ3v) is 7.55. The van der Waals surface area contributed by atoms with Crippen LogP contribution in [-0.4, -0.2) is 26.7 Å². The van der Waals surface area contributed by atoms with Gasteiger partial charge in [-0.15, -0.1) is 11.3 Å². The van der Waals surface area contributed by atoms with E-state index in [2.05, 4.69) is 67.5 Å². The highest BCUT2D eigenvalue weighted by Crippen LogP contribution is 2.48. The molecule has 0 aliphatic heterocycles. The smallest absolute Gasteiger partial charge is 0.274 e. The Balaban J connectivity index is 1.84. The van der Waals surface area contributed by atoms with E-state index in [1.54, 1.807) is 18.4 Å². The molecule has 1 heterocycles. The first-order valence-corrected chi connectivity index (χ1v) is 15.8. The summed E-state index contributed by atoms with van der Waals surface area (Å²) in [6, 6.07) is 18.7. The molecule has 0 aliphatic carbocycles. The first kappa shape index (κ1) is 27.2. The zero-order valence-corrected chi connectivity index (χ0v) is 24.6. The van der Waals surface area contributed by atoms with Crippen LogP contribution < -0.4 is 13.9 Å². The predicted octanol–water partition coefficient (Wildman–Crippen LogP) is 7.98. The van der Waals surface area contributed by atoms with E-state index >= 15 is 0 Å². The highest BCUT2D eigenvalue weighted by Gasteiger charge is 2.40. The Morgan fingerprint density at radius 1 is 0.973 bits per heavy atom. The lowest BCUT2D eigenvalue weighted by Gasteiger charge is -2.34. The number of aromatic nitrogens is 1. The molecule has 0 aliphatic rings. The fraction of sp³-hybridized carbons (Fsp3) is 0.367. The summed E-state index contributed by atoms with van der Waals surface area (Å²) >= 11 is 1.57. The van der Waals surface area contributed by atoms with E-state index in [1.165, 1.54) is 10.8 Å². The minimum absolute atomic E-state index is 0.386. The Morgan fingerprint density at radius 2 is 1.73 bits per heavy atom. The van der Waals surface area contributed by atoms with Gasteiger partial charge in [0.25, 0.3) is 9.04 Å². The molecule has 1 radical (unpaired) electrons. The quantitative estimate of drug-likeness (QED) is 0.193. The third-order valence-electron chi connectivity index (χ3n) is 6.03. The van der Waals surface area contributed by atoms with Crippen LogP contribution >= 0.6 is 11.3 Å². The number of hydrogen-bond donors (Lipinski definition) is 0. The lowest BCUT2D eigenvalue weighted by atomic mass is 9.89. The van der Waals surface area contributed by atoms with Gasteiger partial charge in [0.15, 0.2) is 11.5 Å². The standard InChI is InChI=1S/C30H36NO4SSi/c1-8-30(32-5,28-31-15-16-36-28)25-18-24(34-29(2,3)4)19-26(27(25)35-37(6)7)33-20-21-13-14-22-11-9-10-12-23(22)17-21/h9-19H,8,20H2,1-7H3. The largest absolute Gasteiger partial charge is 0.540 e. The topological polar surface area (TPSA) is 49.8 Å². The summed E-state index contributed by atoms with van der Waals surface area (Å²) in [4.78, 5) is 4.65. The monoisotopic (exact) mass is 534 g/mol. The van der Waals surface area contributed by atoms with Gasteiger partial charge in [0.2, 0.25) is 0 Å². The number of hydrogen-bond acceptors (Lipinski definition) is 6. The zero-order valence-electron chi connectivity index (χ0n) is 22.8. The molecule has 0 saturated carbocycles. The molecule has 1 unspecified atom stereocenters. The average Bonchev–Trinajstić information content (AvgIpc) is 3.39. The summed E-state index contributed by atoms with van der Waals surface area (Å²) in [5.74, 6) is 2.04. The number of thiazole rings is 1. The molecule has 1 atom stereocenters. The Bertz CT molecular complexity index is 1330. The Kier molecular flexibility index (Phi) is 8.26. The summed E-state index contributed by atoms with van der Waals surface area (Å²) in [5.41, 5.74) is 0.774. The molecule has 7 heteroatoms. The van der Waals surface area contributed by atoms with E-state index in [0.717, 1.165) is 16.1 Å². The predicted molar refractivity (Wildman–Crippen MR) is 153 cm³/mol. The molecule has 0 saturated heterocycles. The van der Waals surface area contributed by atoms with E-state index in [1.807, 2.05) is 44.5 Å². The fourth-order valence-corrected chi connectivity index (χ4v) is 5.94. The second-order valence-corrected chi connectivity index (χ2v) is 13.1. The second-order valence-electron chi connectivity index (χ2n) is 10.2. The number of benzene rings is 3. The number of rotatable bonds is 10.